The minimum absolute atomic E-state index is 0.151. The Kier molecular flexibility index (Phi) is 2.62. The van der Waals surface area contributed by atoms with E-state index in [-0.39, 0.29) is 14.1 Å². The summed E-state index contributed by atoms with van der Waals surface area (Å²) in [5.74, 6) is -0.868. The van der Waals surface area contributed by atoms with E-state index in [1.54, 1.807) is 0 Å². The van der Waals surface area contributed by atoms with E-state index >= 15 is 0 Å². The Morgan fingerprint density at radius 1 is 1.54 bits per heavy atom. The summed E-state index contributed by atoms with van der Waals surface area (Å²) in [6, 6.07) is 1.17. The first-order valence-electron chi connectivity index (χ1n) is 2.94. The van der Waals surface area contributed by atoms with E-state index in [4.69, 9.17) is 22.5 Å². The van der Waals surface area contributed by atoms with Crippen LogP contribution in [0.1, 0.15) is 10.4 Å². The molecule has 8 heteroatoms. The zero-order valence-corrected chi connectivity index (χ0v) is 8.54. The molecule has 4 N–H and O–H groups in total. The number of nitrogens with two attached hydrogens (primary N) is 2. The molecule has 1 aromatic rings. The molecule has 13 heavy (non-hydrogen) atoms. The van der Waals surface area contributed by atoms with Crippen molar-refractivity contribution in [2.75, 3.05) is 0 Å². The van der Waals surface area contributed by atoms with E-state index in [1.807, 2.05) is 0 Å². The summed E-state index contributed by atoms with van der Waals surface area (Å²) in [6.45, 7) is 0. The van der Waals surface area contributed by atoms with Gasteiger partial charge in [-0.1, -0.05) is 11.6 Å². The molecule has 0 unspecified atom stereocenters. The zero-order chi connectivity index (χ0) is 10.2. The van der Waals surface area contributed by atoms with Gasteiger partial charge in [0, 0.05) is 0 Å². The lowest BCUT2D eigenvalue weighted by atomic mass is 10.3. The van der Waals surface area contributed by atoms with Crippen LogP contribution < -0.4 is 10.9 Å². The molecule has 0 atom stereocenters. The number of hydrogen-bond donors (Lipinski definition) is 2. The minimum Gasteiger partial charge on any atom is -0.366 e. The number of primary amides is 1. The number of hydrogen-bond acceptors (Lipinski definition) is 4. The molecule has 0 aliphatic rings. The van der Waals surface area contributed by atoms with E-state index in [1.165, 1.54) is 6.07 Å². The lowest BCUT2D eigenvalue weighted by Crippen LogP contribution is -2.18. The van der Waals surface area contributed by atoms with Crippen molar-refractivity contribution in [3.05, 3.63) is 16.0 Å². The van der Waals surface area contributed by atoms with Crippen molar-refractivity contribution >= 4 is 38.9 Å². The van der Waals surface area contributed by atoms with Crippen molar-refractivity contribution in [1.82, 2.24) is 0 Å². The van der Waals surface area contributed by atoms with Crippen molar-refractivity contribution in [2.24, 2.45) is 10.9 Å². The van der Waals surface area contributed by atoms with Crippen molar-refractivity contribution in [1.29, 1.82) is 0 Å². The number of carbonyl (C=O) groups excluding carboxylic acids is 1. The number of thiophene rings is 1. The van der Waals surface area contributed by atoms with Crippen LogP contribution in [0.5, 0.6) is 0 Å². The molecule has 0 saturated heterocycles. The average molecular weight is 241 g/mol. The Hall–Kier alpha value is -0.630. The lowest BCUT2D eigenvalue weighted by Gasteiger charge is -1.94. The fourth-order valence-electron chi connectivity index (χ4n) is 0.728. The summed E-state index contributed by atoms with van der Waals surface area (Å²) >= 11 is 6.21. The molecule has 72 valence electrons. The van der Waals surface area contributed by atoms with E-state index in [0.717, 1.165) is 0 Å². The molecule has 0 spiro atoms. The van der Waals surface area contributed by atoms with E-state index < -0.39 is 15.9 Å². The van der Waals surface area contributed by atoms with Gasteiger partial charge >= 0.3 is 0 Å². The van der Waals surface area contributed by atoms with Gasteiger partial charge in [0.1, 0.15) is 4.21 Å². The van der Waals surface area contributed by atoms with Crippen LogP contribution in [0.3, 0.4) is 0 Å². The smallest absolute Gasteiger partial charge is 0.251 e. The normalized spacial score (nSPS) is 11.5. The fourth-order valence-corrected chi connectivity index (χ4v) is 3.03. The van der Waals surface area contributed by atoms with Gasteiger partial charge in [-0.15, -0.1) is 11.3 Å². The average Bonchev–Trinajstić information content (AvgIpc) is 2.29. The molecular formula is C5H5ClN2O3S2. The van der Waals surface area contributed by atoms with Crippen LogP contribution in [0.2, 0.25) is 4.34 Å². The number of amides is 1. The van der Waals surface area contributed by atoms with E-state index in [0.29, 0.717) is 11.3 Å². The summed E-state index contributed by atoms with van der Waals surface area (Å²) in [4.78, 5) is 10.7. The van der Waals surface area contributed by atoms with Gasteiger partial charge in [-0.05, 0) is 6.07 Å². The fraction of sp³-hybridized carbons (Fsp3) is 0. The second kappa shape index (κ2) is 3.26. The standard InChI is InChI=1S/C5H5ClN2O3S2/c6-3-1-2(4(7)9)5(12-3)13(8,10)11/h1H,(H2,7,9)(H2,8,10,11). The highest BCUT2D eigenvalue weighted by atomic mass is 35.5. The van der Waals surface area contributed by atoms with Gasteiger partial charge in [0.15, 0.2) is 0 Å². The van der Waals surface area contributed by atoms with Crippen LogP contribution >= 0.6 is 22.9 Å². The molecule has 1 amide bonds. The SMILES string of the molecule is NC(=O)c1cc(Cl)sc1S(N)(=O)=O. The third-order valence-corrected chi connectivity index (χ3v) is 3.93. The molecule has 0 fully saturated rings. The van der Waals surface area contributed by atoms with Crippen LogP contribution in [0.15, 0.2) is 10.3 Å². The Morgan fingerprint density at radius 3 is 2.38 bits per heavy atom. The van der Waals surface area contributed by atoms with Gasteiger partial charge in [0.2, 0.25) is 10.0 Å². The molecule has 1 aromatic heterocycles. The molecule has 0 aliphatic heterocycles. The quantitative estimate of drug-likeness (QED) is 0.769. The Morgan fingerprint density at radius 2 is 2.08 bits per heavy atom. The summed E-state index contributed by atoms with van der Waals surface area (Å²) in [5.41, 5.74) is 4.74. The van der Waals surface area contributed by atoms with Crippen molar-refractivity contribution in [3.8, 4) is 0 Å². The summed E-state index contributed by atoms with van der Waals surface area (Å²) in [6.07, 6.45) is 0. The predicted molar refractivity (Wildman–Crippen MR) is 49.2 cm³/mol. The molecule has 5 nitrogen and oxygen atoms in total. The first kappa shape index (κ1) is 10.5. The number of rotatable bonds is 2. The second-order valence-electron chi connectivity index (χ2n) is 2.16. The number of carbonyl (C=O) groups is 1. The second-order valence-corrected chi connectivity index (χ2v) is 5.60. The molecule has 1 heterocycles. The van der Waals surface area contributed by atoms with Crippen LogP contribution in [0.25, 0.3) is 0 Å². The van der Waals surface area contributed by atoms with Gasteiger partial charge in [-0.3, -0.25) is 4.79 Å². The third-order valence-electron chi connectivity index (χ3n) is 1.19. The number of halogens is 1. The molecule has 0 bridgehead atoms. The van der Waals surface area contributed by atoms with Gasteiger partial charge < -0.3 is 5.73 Å². The van der Waals surface area contributed by atoms with Gasteiger partial charge in [0.05, 0.1) is 9.90 Å². The van der Waals surface area contributed by atoms with Crippen LogP contribution in [-0.4, -0.2) is 14.3 Å². The number of sulfonamides is 1. The highest BCUT2D eigenvalue weighted by Gasteiger charge is 2.21. The Bertz CT molecular complexity index is 450. The maximum Gasteiger partial charge on any atom is 0.251 e. The van der Waals surface area contributed by atoms with Gasteiger partial charge in [0.25, 0.3) is 5.91 Å². The van der Waals surface area contributed by atoms with E-state index in [2.05, 4.69) is 0 Å². The van der Waals surface area contributed by atoms with Crippen molar-refractivity contribution in [2.45, 2.75) is 4.21 Å². The maximum atomic E-state index is 10.9. The lowest BCUT2D eigenvalue weighted by molar-refractivity contribution is 0.0998. The van der Waals surface area contributed by atoms with Crippen LogP contribution in [0, 0.1) is 0 Å². The first-order valence-corrected chi connectivity index (χ1v) is 5.68. The summed E-state index contributed by atoms with van der Waals surface area (Å²) < 4.78 is 21.6. The summed E-state index contributed by atoms with van der Waals surface area (Å²) in [7, 11) is -3.92. The molecule has 1 rings (SSSR count). The molecule has 0 aromatic carbocycles. The van der Waals surface area contributed by atoms with Gasteiger partial charge in [-0.2, -0.15) is 0 Å². The third kappa shape index (κ3) is 2.19. The molecule has 0 radical (unpaired) electrons. The Balaban J connectivity index is 3.46. The van der Waals surface area contributed by atoms with Crippen molar-refractivity contribution in [3.63, 3.8) is 0 Å². The maximum absolute atomic E-state index is 10.9. The monoisotopic (exact) mass is 240 g/mol. The first-order chi connectivity index (χ1) is 5.82. The van der Waals surface area contributed by atoms with E-state index in [9.17, 15) is 13.2 Å². The Labute approximate surface area is 83.3 Å². The van der Waals surface area contributed by atoms with Gasteiger partial charge in [-0.25, -0.2) is 13.6 Å². The minimum atomic E-state index is -3.92. The largest absolute Gasteiger partial charge is 0.366 e. The predicted octanol–water partition coefficient (Wildman–Crippen LogP) is 0.148. The molecule has 0 saturated carbocycles. The topological polar surface area (TPSA) is 103 Å². The number of primary sulfonamides is 1. The highest BCUT2D eigenvalue weighted by molar-refractivity contribution is 7.91. The molecule has 0 aliphatic carbocycles. The summed E-state index contributed by atoms with van der Waals surface area (Å²) in [5, 5.41) is 4.82. The van der Waals surface area contributed by atoms with Crippen LogP contribution in [0.4, 0.5) is 0 Å². The van der Waals surface area contributed by atoms with Crippen LogP contribution in [-0.2, 0) is 10.0 Å². The molecular weight excluding hydrogens is 236 g/mol. The van der Waals surface area contributed by atoms with Crippen molar-refractivity contribution < 1.29 is 13.2 Å². The highest BCUT2D eigenvalue weighted by Crippen LogP contribution is 2.29. The zero-order valence-electron chi connectivity index (χ0n) is 6.15.